The van der Waals surface area contributed by atoms with Crippen molar-refractivity contribution in [2.45, 2.75) is 19.4 Å². The van der Waals surface area contributed by atoms with Crippen molar-refractivity contribution in [2.24, 2.45) is 10.7 Å². The third kappa shape index (κ3) is 2.88. The molecular formula is C20H18N4OS. The second kappa shape index (κ2) is 6.07. The molecule has 0 saturated carbocycles. The summed E-state index contributed by atoms with van der Waals surface area (Å²) in [7, 11) is 0. The minimum atomic E-state index is -0.433. The summed E-state index contributed by atoms with van der Waals surface area (Å²) in [6.45, 7) is 4.20. The van der Waals surface area contributed by atoms with Crippen molar-refractivity contribution in [3.63, 3.8) is 0 Å². The number of aliphatic imine (C=N–C) groups is 1. The molecule has 4 rings (SSSR count). The third-order valence-corrected chi connectivity index (χ3v) is 5.25. The van der Waals surface area contributed by atoms with Gasteiger partial charge in [-0.2, -0.15) is 0 Å². The standard InChI is InChI=1S/C20H18N4OS/c1-20(2)14-5-3-4-6-15(14)22-18(24-20)19-23-16(11-26-19)12-7-9-13(10-8-12)17(21)25/h3-11H,1-2H3,(H2,21,25)(H,22,24). The van der Waals surface area contributed by atoms with Gasteiger partial charge in [0.2, 0.25) is 5.91 Å². The zero-order valence-corrected chi connectivity index (χ0v) is 15.3. The third-order valence-electron chi connectivity index (χ3n) is 4.40. The number of nitrogens with two attached hydrogens (primary N) is 1. The van der Waals surface area contributed by atoms with E-state index in [1.807, 2.05) is 29.6 Å². The zero-order valence-electron chi connectivity index (χ0n) is 14.5. The number of carbonyl (C=O) groups excluding carboxylic acids is 1. The molecule has 3 aromatic rings. The molecule has 26 heavy (non-hydrogen) atoms. The van der Waals surface area contributed by atoms with Gasteiger partial charge in [-0.25, -0.2) is 4.98 Å². The number of nitrogens with zero attached hydrogens (tertiary/aromatic N) is 2. The molecular weight excluding hydrogens is 344 g/mol. The first kappa shape index (κ1) is 16.5. The average molecular weight is 362 g/mol. The number of amidine groups is 1. The molecule has 0 spiro atoms. The summed E-state index contributed by atoms with van der Waals surface area (Å²) in [5, 5.41) is 6.22. The van der Waals surface area contributed by atoms with Crippen molar-refractivity contribution < 1.29 is 4.79 Å². The molecule has 2 heterocycles. The Morgan fingerprint density at radius 2 is 1.85 bits per heavy atom. The van der Waals surface area contributed by atoms with Gasteiger partial charge in [-0.15, -0.1) is 11.3 Å². The number of hydrogen-bond donors (Lipinski definition) is 2. The Labute approximate surface area is 155 Å². The zero-order chi connectivity index (χ0) is 18.3. The lowest BCUT2D eigenvalue weighted by molar-refractivity contribution is 0.100. The number of rotatable bonds is 3. The van der Waals surface area contributed by atoms with Crippen LogP contribution in [0.5, 0.6) is 0 Å². The van der Waals surface area contributed by atoms with Crippen molar-refractivity contribution in [1.82, 2.24) is 4.98 Å². The number of carbonyl (C=O) groups is 1. The molecule has 0 fully saturated rings. The van der Waals surface area contributed by atoms with E-state index in [1.54, 1.807) is 23.5 Å². The van der Waals surface area contributed by atoms with E-state index in [4.69, 9.17) is 15.7 Å². The van der Waals surface area contributed by atoms with Crippen LogP contribution in [0.4, 0.5) is 5.69 Å². The summed E-state index contributed by atoms with van der Waals surface area (Å²) in [6, 6.07) is 15.3. The summed E-state index contributed by atoms with van der Waals surface area (Å²) in [6.07, 6.45) is 0. The molecule has 6 heteroatoms. The summed E-state index contributed by atoms with van der Waals surface area (Å²) in [5.74, 6) is 0.343. The molecule has 0 atom stereocenters. The molecule has 2 aromatic carbocycles. The van der Waals surface area contributed by atoms with Crippen molar-refractivity contribution in [1.29, 1.82) is 0 Å². The normalized spacial score (nSPS) is 14.9. The SMILES string of the molecule is CC1(C)N=C(c2nc(-c3ccc(C(N)=O)cc3)cs2)Nc2ccccc21. The number of hydrogen-bond acceptors (Lipinski definition) is 5. The Kier molecular flexibility index (Phi) is 3.85. The second-order valence-electron chi connectivity index (χ2n) is 6.67. The molecule has 5 nitrogen and oxygen atoms in total. The Morgan fingerprint density at radius 1 is 1.12 bits per heavy atom. The van der Waals surface area contributed by atoms with E-state index in [0.29, 0.717) is 5.56 Å². The van der Waals surface area contributed by atoms with Crippen LogP contribution in [0.15, 0.2) is 58.9 Å². The number of thiazole rings is 1. The van der Waals surface area contributed by atoms with Gasteiger partial charge in [0.05, 0.1) is 11.2 Å². The molecule has 130 valence electrons. The molecule has 0 saturated heterocycles. The van der Waals surface area contributed by atoms with Gasteiger partial charge < -0.3 is 11.1 Å². The van der Waals surface area contributed by atoms with Gasteiger partial charge in [-0.1, -0.05) is 30.3 Å². The smallest absolute Gasteiger partial charge is 0.248 e. The van der Waals surface area contributed by atoms with Crippen LogP contribution in [0.1, 0.15) is 34.8 Å². The van der Waals surface area contributed by atoms with Crippen molar-refractivity contribution in [2.75, 3.05) is 5.32 Å². The predicted octanol–water partition coefficient (Wildman–Crippen LogP) is 4.02. The van der Waals surface area contributed by atoms with Gasteiger partial charge >= 0.3 is 0 Å². The maximum atomic E-state index is 11.2. The monoisotopic (exact) mass is 362 g/mol. The number of primary amides is 1. The summed E-state index contributed by atoms with van der Waals surface area (Å²) in [4.78, 5) is 20.8. The summed E-state index contributed by atoms with van der Waals surface area (Å²) >= 11 is 1.54. The Balaban J connectivity index is 1.66. The van der Waals surface area contributed by atoms with E-state index < -0.39 is 5.91 Å². The highest BCUT2D eigenvalue weighted by Crippen LogP contribution is 2.36. The lowest BCUT2D eigenvalue weighted by Crippen LogP contribution is -2.29. The minimum absolute atomic E-state index is 0.313. The van der Waals surface area contributed by atoms with Gasteiger partial charge in [0, 0.05) is 27.8 Å². The van der Waals surface area contributed by atoms with Crippen molar-refractivity contribution in [3.8, 4) is 11.3 Å². The molecule has 1 aromatic heterocycles. The summed E-state index contributed by atoms with van der Waals surface area (Å²) < 4.78 is 0. The number of anilines is 1. The van der Waals surface area contributed by atoms with Crippen LogP contribution in [-0.4, -0.2) is 16.7 Å². The Bertz CT molecular complexity index is 1020. The summed E-state index contributed by atoms with van der Waals surface area (Å²) in [5.41, 5.74) is 9.48. The van der Waals surface area contributed by atoms with Gasteiger partial charge in [-0.3, -0.25) is 9.79 Å². The van der Waals surface area contributed by atoms with Crippen LogP contribution < -0.4 is 11.1 Å². The van der Waals surface area contributed by atoms with Gasteiger partial charge in [0.1, 0.15) is 0 Å². The van der Waals surface area contributed by atoms with E-state index in [1.165, 1.54) is 5.56 Å². The average Bonchev–Trinajstić information content (AvgIpc) is 3.11. The molecule has 1 aliphatic rings. The number of benzene rings is 2. The Hall–Kier alpha value is -2.99. The van der Waals surface area contributed by atoms with E-state index in [-0.39, 0.29) is 5.54 Å². The fourth-order valence-electron chi connectivity index (χ4n) is 3.04. The first-order valence-electron chi connectivity index (χ1n) is 8.26. The van der Waals surface area contributed by atoms with Gasteiger partial charge in [0.15, 0.2) is 10.8 Å². The van der Waals surface area contributed by atoms with Crippen LogP contribution in [0.25, 0.3) is 11.3 Å². The molecule has 1 aliphatic heterocycles. The lowest BCUT2D eigenvalue weighted by atomic mass is 9.92. The van der Waals surface area contributed by atoms with E-state index >= 15 is 0 Å². The highest BCUT2D eigenvalue weighted by Gasteiger charge is 2.29. The van der Waals surface area contributed by atoms with Crippen LogP contribution >= 0.6 is 11.3 Å². The lowest BCUT2D eigenvalue weighted by Gasteiger charge is -2.30. The van der Waals surface area contributed by atoms with E-state index in [9.17, 15) is 4.79 Å². The molecule has 0 radical (unpaired) electrons. The number of fused-ring (bicyclic) bond motifs is 1. The van der Waals surface area contributed by atoms with Crippen LogP contribution in [0.3, 0.4) is 0 Å². The molecule has 3 N–H and O–H groups in total. The van der Waals surface area contributed by atoms with Crippen LogP contribution in [0, 0.1) is 0 Å². The Morgan fingerprint density at radius 3 is 2.58 bits per heavy atom. The molecule has 0 unspecified atom stereocenters. The van der Waals surface area contributed by atoms with Gasteiger partial charge in [-0.05, 0) is 32.0 Å². The topological polar surface area (TPSA) is 80.4 Å². The van der Waals surface area contributed by atoms with Gasteiger partial charge in [0.25, 0.3) is 0 Å². The van der Waals surface area contributed by atoms with Crippen molar-refractivity contribution in [3.05, 3.63) is 70.0 Å². The van der Waals surface area contributed by atoms with E-state index in [0.717, 1.165) is 27.8 Å². The highest BCUT2D eigenvalue weighted by atomic mass is 32.1. The first-order valence-corrected chi connectivity index (χ1v) is 9.14. The molecule has 1 amide bonds. The maximum Gasteiger partial charge on any atom is 0.248 e. The first-order chi connectivity index (χ1) is 12.4. The maximum absolute atomic E-state index is 11.2. The van der Waals surface area contributed by atoms with Crippen LogP contribution in [-0.2, 0) is 5.54 Å². The quantitative estimate of drug-likeness (QED) is 0.738. The van der Waals surface area contributed by atoms with E-state index in [2.05, 4.69) is 31.3 Å². The minimum Gasteiger partial charge on any atom is -0.366 e. The second-order valence-corrected chi connectivity index (χ2v) is 7.53. The largest absolute Gasteiger partial charge is 0.366 e. The fourth-order valence-corrected chi connectivity index (χ4v) is 3.81. The van der Waals surface area contributed by atoms with Crippen molar-refractivity contribution >= 4 is 28.8 Å². The molecule has 0 bridgehead atoms. The fraction of sp³-hybridized carbons (Fsp3) is 0.150. The van der Waals surface area contributed by atoms with Crippen LogP contribution in [0.2, 0.25) is 0 Å². The highest BCUT2D eigenvalue weighted by molar-refractivity contribution is 7.12. The predicted molar refractivity (Wildman–Crippen MR) is 106 cm³/mol. The number of amides is 1. The number of nitrogens with one attached hydrogen (secondary N) is 1. The molecule has 0 aliphatic carbocycles. The number of aromatic nitrogens is 1. The number of para-hydroxylation sites is 1.